The molecular formula is C18H18. The Balaban J connectivity index is 2.17. The van der Waals surface area contributed by atoms with E-state index in [1.165, 1.54) is 22.3 Å². The summed E-state index contributed by atoms with van der Waals surface area (Å²) >= 11 is 0. The van der Waals surface area contributed by atoms with Crippen molar-refractivity contribution >= 4 is 11.6 Å². The average Bonchev–Trinajstić information content (AvgIpc) is 2.38. The maximum absolute atomic E-state index is 4.11. The minimum absolute atomic E-state index is 1.04. The quantitative estimate of drug-likeness (QED) is 0.653. The lowest BCUT2D eigenvalue weighted by Gasteiger charge is -2.02. The summed E-state index contributed by atoms with van der Waals surface area (Å²) in [6, 6.07) is 16.8. The Morgan fingerprint density at radius 3 is 2.28 bits per heavy atom. The van der Waals surface area contributed by atoms with Gasteiger partial charge in [0.2, 0.25) is 0 Å². The lowest BCUT2D eigenvalue weighted by atomic mass is 10.0. The van der Waals surface area contributed by atoms with Crippen LogP contribution in [0.25, 0.3) is 11.6 Å². The van der Waals surface area contributed by atoms with Crippen LogP contribution >= 0.6 is 0 Å². The summed E-state index contributed by atoms with van der Waals surface area (Å²) in [6.07, 6.45) is 4.20. The molecule has 18 heavy (non-hydrogen) atoms. The van der Waals surface area contributed by atoms with Crippen LogP contribution in [0.1, 0.15) is 22.3 Å². The van der Waals surface area contributed by atoms with Crippen LogP contribution in [0.15, 0.2) is 61.2 Å². The largest absolute Gasteiger partial charge is 0.0912 e. The van der Waals surface area contributed by atoms with Crippen LogP contribution in [0, 0.1) is 13.8 Å². The minimum atomic E-state index is 1.04. The summed E-state index contributed by atoms with van der Waals surface area (Å²) in [5, 5.41) is 0. The summed E-state index contributed by atoms with van der Waals surface area (Å²) in [5.74, 6) is 0. The maximum atomic E-state index is 4.11. The van der Waals surface area contributed by atoms with Gasteiger partial charge in [0.05, 0.1) is 0 Å². The maximum Gasteiger partial charge on any atom is -0.0190 e. The summed E-state index contributed by atoms with van der Waals surface area (Å²) in [6.45, 7) is 8.32. The third kappa shape index (κ3) is 2.98. The van der Waals surface area contributed by atoms with Gasteiger partial charge in [0.15, 0.2) is 0 Å². The smallest absolute Gasteiger partial charge is 0.0190 e. The van der Waals surface area contributed by atoms with Gasteiger partial charge in [0.1, 0.15) is 0 Å². The predicted molar refractivity (Wildman–Crippen MR) is 80.4 cm³/mol. The van der Waals surface area contributed by atoms with Crippen molar-refractivity contribution in [1.29, 1.82) is 0 Å². The topological polar surface area (TPSA) is 0 Å². The van der Waals surface area contributed by atoms with Gasteiger partial charge < -0.3 is 0 Å². The highest BCUT2D eigenvalue weighted by molar-refractivity contribution is 5.77. The normalized spacial score (nSPS) is 10.8. The summed E-state index contributed by atoms with van der Waals surface area (Å²) < 4.78 is 0. The number of allylic oxidation sites excluding steroid dienone is 2. The van der Waals surface area contributed by atoms with E-state index in [4.69, 9.17) is 0 Å². The van der Waals surface area contributed by atoms with Gasteiger partial charge in [-0.3, -0.25) is 0 Å². The van der Waals surface area contributed by atoms with Crippen LogP contribution in [0.3, 0.4) is 0 Å². The molecule has 0 bridgehead atoms. The Morgan fingerprint density at radius 2 is 1.61 bits per heavy atom. The van der Waals surface area contributed by atoms with E-state index < -0.39 is 0 Å². The lowest BCUT2D eigenvalue weighted by molar-refractivity contribution is 1.44. The van der Waals surface area contributed by atoms with Gasteiger partial charge in [-0.25, -0.2) is 0 Å². The molecule has 0 aromatic heterocycles. The number of hydrogen-bond donors (Lipinski definition) is 0. The fraction of sp³-hybridized carbons (Fsp3) is 0.111. The molecule has 0 nitrogen and oxygen atoms in total. The van der Waals surface area contributed by atoms with Gasteiger partial charge in [-0.1, -0.05) is 72.8 Å². The standard InChI is InChI=1S/C18H18/c1-14-8-11-18(12-9-14)16(3)10-13-17-7-5-4-6-15(17)2/h4-13H,3H2,1-2H3/b13-10-. The number of rotatable bonds is 3. The fourth-order valence-corrected chi connectivity index (χ4v) is 1.83. The number of benzene rings is 2. The monoisotopic (exact) mass is 234 g/mol. The van der Waals surface area contributed by atoms with Gasteiger partial charge in [-0.2, -0.15) is 0 Å². The Bertz CT molecular complexity index is 571. The van der Waals surface area contributed by atoms with Crippen molar-refractivity contribution in [3.63, 3.8) is 0 Å². The van der Waals surface area contributed by atoms with E-state index in [1.807, 2.05) is 0 Å². The summed E-state index contributed by atoms with van der Waals surface area (Å²) in [7, 11) is 0. The van der Waals surface area contributed by atoms with Crippen molar-refractivity contribution in [2.75, 3.05) is 0 Å². The van der Waals surface area contributed by atoms with Crippen LogP contribution in [0.2, 0.25) is 0 Å². The van der Waals surface area contributed by atoms with Gasteiger partial charge in [0, 0.05) is 0 Å². The van der Waals surface area contributed by atoms with Gasteiger partial charge >= 0.3 is 0 Å². The molecule has 0 saturated carbocycles. The molecule has 0 amide bonds. The van der Waals surface area contributed by atoms with Crippen molar-refractivity contribution < 1.29 is 0 Å². The Morgan fingerprint density at radius 1 is 0.944 bits per heavy atom. The molecule has 0 saturated heterocycles. The molecule has 0 aliphatic rings. The van der Waals surface area contributed by atoms with E-state index >= 15 is 0 Å². The van der Waals surface area contributed by atoms with Crippen LogP contribution < -0.4 is 0 Å². The Labute approximate surface area is 109 Å². The van der Waals surface area contributed by atoms with E-state index in [-0.39, 0.29) is 0 Å². The van der Waals surface area contributed by atoms with E-state index in [9.17, 15) is 0 Å². The molecule has 0 spiro atoms. The Hall–Kier alpha value is -2.08. The first-order valence-electron chi connectivity index (χ1n) is 6.16. The minimum Gasteiger partial charge on any atom is -0.0912 e. The lowest BCUT2D eigenvalue weighted by Crippen LogP contribution is -1.81. The first kappa shape index (κ1) is 12.4. The van der Waals surface area contributed by atoms with Crippen LogP contribution in [0.4, 0.5) is 0 Å². The predicted octanol–water partition coefficient (Wildman–Crippen LogP) is 5.03. The molecule has 90 valence electrons. The van der Waals surface area contributed by atoms with Gasteiger partial charge in [-0.05, 0) is 36.1 Å². The first-order valence-corrected chi connectivity index (χ1v) is 6.16. The molecule has 0 atom stereocenters. The van der Waals surface area contributed by atoms with Crippen LogP contribution in [-0.4, -0.2) is 0 Å². The van der Waals surface area contributed by atoms with Gasteiger partial charge in [-0.15, -0.1) is 0 Å². The highest BCUT2D eigenvalue weighted by atomic mass is 14.0. The second-order valence-corrected chi connectivity index (χ2v) is 4.58. The second-order valence-electron chi connectivity index (χ2n) is 4.58. The molecular weight excluding hydrogens is 216 g/mol. The van der Waals surface area contributed by atoms with Crippen molar-refractivity contribution in [1.82, 2.24) is 0 Å². The van der Waals surface area contributed by atoms with Crippen LogP contribution in [-0.2, 0) is 0 Å². The zero-order valence-electron chi connectivity index (χ0n) is 11.0. The van der Waals surface area contributed by atoms with Crippen molar-refractivity contribution in [2.45, 2.75) is 13.8 Å². The van der Waals surface area contributed by atoms with E-state index in [0.717, 1.165) is 5.57 Å². The van der Waals surface area contributed by atoms with E-state index in [0.29, 0.717) is 0 Å². The van der Waals surface area contributed by atoms with E-state index in [1.54, 1.807) is 0 Å². The first-order chi connectivity index (χ1) is 8.66. The van der Waals surface area contributed by atoms with E-state index in [2.05, 4.69) is 81.1 Å². The average molecular weight is 234 g/mol. The molecule has 2 rings (SSSR count). The molecule has 2 aromatic rings. The fourth-order valence-electron chi connectivity index (χ4n) is 1.83. The molecule has 0 N–H and O–H groups in total. The number of aryl methyl sites for hydroxylation is 2. The molecule has 0 heterocycles. The van der Waals surface area contributed by atoms with Crippen molar-refractivity contribution in [2.24, 2.45) is 0 Å². The molecule has 0 unspecified atom stereocenters. The molecule has 0 heteroatoms. The zero-order chi connectivity index (χ0) is 13.0. The molecule has 2 aromatic carbocycles. The molecule has 0 radical (unpaired) electrons. The second kappa shape index (κ2) is 5.50. The molecule has 0 aliphatic carbocycles. The molecule has 0 aliphatic heterocycles. The highest BCUT2D eigenvalue weighted by Gasteiger charge is 1.95. The SMILES string of the molecule is C=C(/C=C\c1ccccc1C)c1ccc(C)cc1. The van der Waals surface area contributed by atoms with Crippen molar-refractivity contribution in [3.8, 4) is 0 Å². The molecule has 0 fully saturated rings. The van der Waals surface area contributed by atoms with Crippen molar-refractivity contribution in [3.05, 3.63) is 83.4 Å². The van der Waals surface area contributed by atoms with Gasteiger partial charge in [0.25, 0.3) is 0 Å². The third-order valence-corrected chi connectivity index (χ3v) is 3.07. The van der Waals surface area contributed by atoms with Crippen LogP contribution in [0.5, 0.6) is 0 Å². The summed E-state index contributed by atoms with van der Waals surface area (Å²) in [5.41, 5.74) is 6.01. The zero-order valence-corrected chi connectivity index (χ0v) is 11.0. The summed E-state index contributed by atoms with van der Waals surface area (Å²) in [4.78, 5) is 0. The Kier molecular flexibility index (Phi) is 3.78. The third-order valence-electron chi connectivity index (χ3n) is 3.07. The number of hydrogen-bond acceptors (Lipinski definition) is 0. The highest BCUT2D eigenvalue weighted by Crippen LogP contribution is 2.17.